The number of nitrogens with zero attached hydrogens (tertiary/aromatic N) is 2. The van der Waals surface area contributed by atoms with Crippen LogP contribution in [0.5, 0.6) is 0 Å². The molecule has 1 aromatic rings. The van der Waals surface area contributed by atoms with Gasteiger partial charge in [0.15, 0.2) is 0 Å². The number of aryl methyl sites for hydroxylation is 2. The quantitative estimate of drug-likeness (QED) is 0.880. The topological polar surface area (TPSA) is 56.1 Å². The number of carbonyl (C=O) groups excluding carboxylic acids is 1. The highest BCUT2D eigenvalue weighted by molar-refractivity contribution is 5.98. The number of rotatable bonds is 2. The third-order valence-electron chi connectivity index (χ3n) is 3.45. The van der Waals surface area contributed by atoms with Crippen molar-refractivity contribution in [3.8, 4) is 6.07 Å². The first kappa shape index (κ1) is 13.6. The van der Waals surface area contributed by atoms with Crippen LogP contribution in [0.4, 0.5) is 5.69 Å². The number of hydrogen-bond donors (Lipinski definition) is 1. The second-order valence-corrected chi connectivity index (χ2v) is 5.00. The van der Waals surface area contributed by atoms with E-state index < -0.39 is 0 Å². The minimum absolute atomic E-state index is 0.00556. The lowest BCUT2D eigenvalue weighted by atomic mass is 10.1. The molecule has 1 fully saturated rings. The molecular formula is C15H19N3O. The lowest BCUT2D eigenvalue weighted by Gasteiger charge is -2.25. The Morgan fingerprint density at radius 3 is 2.95 bits per heavy atom. The van der Waals surface area contributed by atoms with Crippen LogP contribution in [-0.4, -0.2) is 25.0 Å². The molecule has 1 saturated heterocycles. The van der Waals surface area contributed by atoms with Crippen molar-refractivity contribution in [2.75, 3.05) is 18.0 Å². The highest BCUT2D eigenvalue weighted by atomic mass is 16.2. The lowest BCUT2D eigenvalue weighted by molar-refractivity contribution is -0.120. The highest BCUT2D eigenvalue weighted by Crippen LogP contribution is 2.23. The summed E-state index contributed by atoms with van der Waals surface area (Å²) in [6.45, 7) is 5.55. The van der Waals surface area contributed by atoms with Gasteiger partial charge in [-0.05, 0) is 38.4 Å². The molecule has 1 unspecified atom stereocenters. The van der Waals surface area contributed by atoms with E-state index in [0.29, 0.717) is 6.54 Å². The van der Waals surface area contributed by atoms with Gasteiger partial charge in [0, 0.05) is 12.2 Å². The van der Waals surface area contributed by atoms with Crippen molar-refractivity contribution in [2.24, 2.45) is 0 Å². The van der Waals surface area contributed by atoms with Crippen LogP contribution in [-0.2, 0) is 4.79 Å². The van der Waals surface area contributed by atoms with Crippen LogP contribution in [0.2, 0.25) is 0 Å². The van der Waals surface area contributed by atoms with E-state index in [9.17, 15) is 4.79 Å². The van der Waals surface area contributed by atoms with Crippen molar-refractivity contribution in [3.63, 3.8) is 0 Å². The maximum atomic E-state index is 12.5. The molecule has 4 nitrogen and oxygen atoms in total. The van der Waals surface area contributed by atoms with E-state index in [4.69, 9.17) is 5.26 Å². The van der Waals surface area contributed by atoms with E-state index in [1.807, 2.05) is 30.9 Å². The molecule has 1 aliphatic heterocycles. The number of nitrogens with one attached hydrogen (secondary N) is 1. The standard InChI is InChI=1S/C15H19N3O/c1-11-4-5-14(12(2)10-11)18-9-3-8-17-13(6-7-16)15(18)19/h4-5,10,13,17H,3,6,8-9H2,1-2H3. The average Bonchev–Trinajstić information content (AvgIpc) is 2.54. The van der Waals surface area contributed by atoms with Crippen LogP contribution >= 0.6 is 0 Å². The van der Waals surface area contributed by atoms with Crippen LogP contribution in [0, 0.1) is 25.2 Å². The summed E-state index contributed by atoms with van der Waals surface area (Å²) in [4.78, 5) is 14.3. The molecule has 2 rings (SSSR count). The first-order chi connectivity index (χ1) is 9.13. The van der Waals surface area contributed by atoms with Gasteiger partial charge in [-0.3, -0.25) is 4.79 Å². The van der Waals surface area contributed by atoms with Gasteiger partial charge in [0.2, 0.25) is 5.91 Å². The molecule has 19 heavy (non-hydrogen) atoms. The minimum atomic E-state index is -0.381. The zero-order chi connectivity index (χ0) is 13.8. The molecule has 4 heteroatoms. The molecule has 1 N–H and O–H groups in total. The molecule has 0 saturated carbocycles. The van der Waals surface area contributed by atoms with E-state index in [1.165, 1.54) is 5.56 Å². The van der Waals surface area contributed by atoms with Gasteiger partial charge in [0.25, 0.3) is 0 Å². The summed E-state index contributed by atoms with van der Waals surface area (Å²) in [5.74, 6) is 0.00556. The lowest BCUT2D eigenvalue weighted by Crippen LogP contribution is -2.43. The van der Waals surface area contributed by atoms with Crippen molar-refractivity contribution in [1.29, 1.82) is 5.26 Å². The van der Waals surface area contributed by atoms with Crippen LogP contribution in [0.25, 0.3) is 0 Å². The Morgan fingerprint density at radius 1 is 1.47 bits per heavy atom. The van der Waals surface area contributed by atoms with Gasteiger partial charge in [-0.25, -0.2) is 0 Å². The normalized spacial score (nSPS) is 19.9. The van der Waals surface area contributed by atoms with Gasteiger partial charge in [0.05, 0.1) is 12.5 Å². The van der Waals surface area contributed by atoms with E-state index >= 15 is 0 Å². The minimum Gasteiger partial charge on any atom is -0.311 e. The van der Waals surface area contributed by atoms with Crippen LogP contribution in [0.1, 0.15) is 24.0 Å². The largest absolute Gasteiger partial charge is 0.311 e. The van der Waals surface area contributed by atoms with Crippen LogP contribution in [0.3, 0.4) is 0 Å². The third-order valence-corrected chi connectivity index (χ3v) is 3.45. The van der Waals surface area contributed by atoms with Crippen LogP contribution < -0.4 is 10.2 Å². The zero-order valence-electron chi connectivity index (χ0n) is 11.4. The average molecular weight is 257 g/mol. The molecule has 1 aliphatic rings. The maximum Gasteiger partial charge on any atom is 0.245 e. The van der Waals surface area contributed by atoms with Gasteiger partial charge in [-0.2, -0.15) is 5.26 Å². The molecule has 1 amide bonds. The van der Waals surface area contributed by atoms with Gasteiger partial charge in [-0.1, -0.05) is 17.7 Å². The Balaban J connectivity index is 2.31. The highest BCUT2D eigenvalue weighted by Gasteiger charge is 2.28. The van der Waals surface area contributed by atoms with E-state index in [-0.39, 0.29) is 18.4 Å². The summed E-state index contributed by atoms with van der Waals surface area (Å²) < 4.78 is 0. The molecule has 0 radical (unpaired) electrons. The van der Waals surface area contributed by atoms with E-state index in [2.05, 4.69) is 17.5 Å². The molecule has 100 valence electrons. The molecule has 0 bridgehead atoms. The predicted octanol–water partition coefficient (Wildman–Crippen LogP) is 1.91. The van der Waals surface area contributed by atoms with Crippen molar-refractivity contribution in [3.05, 3.63) is 29.3 Å². The SMILES string of the molecule is Cc1ccc(N2CCCNC(CC#N)C2=O)c(C)c1. The summed E-state index contributed by atoms with van der Waals surface area (Å²) in [7, 11) is 0. The number of nitriles is 1. The molecule has 0 spiro atoms. The van der Waals surface area contributed by atoms with Gasteiger partial charge < -0.3 is 10.2 Å². The second-order valence-electron chi connectivity index (χ2n) is 5.00. The molecule has 1 heterocycles. The van der Waals surface area contributed by atoms with Crippen molar-refractivity contribution in [1.82, 2.24) is 5.32 Å². The Morgan fingerprint density at radius 2 is 2.26 bits per heavy atom. The Bertz CT molecular complexity index is 519. The van der Waals surface area contributed by atoms with Crippen molar-refractivity contribution >= 4 is 11.6 Å². The predicted molar refractivity (Wildman–Crippen MR) is 74.9 cm³/mol. The van der Waals surface area contributed by atoms with Crippen molar-refractivity contribution in [2.45, 2.75) is 32.7 Å². The van der Waals surface area contributed by atoms with E-state index in [1.54, 1.807) is 0 Å². The van der Waals surface area contributed by atoms with Gasteiger partial charge in [-0.15, -0.1) is 0 Å². The fourth-order valence-electron chi connectivity index (χ4n) is 2.50. The maximum absolute atomic E-state index is 12.5. The number of amides is 1. The third kappa shape index (κ3) is 2.94. The molecule has 1 aromatic carbocycles. The fraction of sp³-hybridized carbons (Fsp3) is 0.467. The Labute approximate surface area is 114 Å². The Hall–Kier alpha value is -1.86. The first-order valence-corrected chi connectivity index (χ1v) is 6.62. The number of anilines is 1. The molecule has 0 aromatic heterocycles. The summed E-state index contributed by atoms with van der Waals surface area (Å²) in [6, 6.07) is 7.80. The fourth-order valence-corrected chi connectivity index (χ4v) is 2.50. The zero-order valence-corrected chi connectivity index (χ0v) is 11.4. The Kier molecular flexibility index (Phi) is 4.18. The van der Waals surface area contributed by atoms with Crippen molar-refractivity contribution < 1.29 is 4.79 Å². The molecule has 1 atom stereocenters. The molecular weight excluding hydrogens is 238 g/mol. The number of carbonyl (C=O) groups is 1. The second kappa shape index (κ2) is 5.85. The monoisotopic (exact) mass is 257 g/mol. The smallest absolute Gasteiger partial charge is 0.245 e. The van der Waals surface area contributed by atoms with Gasteiger partial charge >= 0.3 is 0 Å². The van der Waals surface area contributed by atoms with Gasteiger partial charge in [0.1, 0.15) is 6.04 Å². The van der Waals surface area contributed by atoms with E-state index in [0.717, 1.165) is 24.2 Å². The summed E-state index contributed by atoms with van der Waals surface area (Å²) in [5.41, 5.74) is 3.25. The summed E-state index contributed by atoms with van der Waals surface area (Å²) in [6.07, 6.45) is 1.13. The van der Waals surface area contributed by atoms with Crippen LogP contribution in [0.15, 0.2) is 18.2 Å². The number of benzene rings is 1. The number of hydrogen-bond acceptors (Lipinski definition) is 3. The summed E-state index contributed by atoms with van der Waals surface area (Å²) >= 11 is 0. The first-order valence-electron chi connectivity index (χ1n) is 6.62. The molecule has 0 aliphatic carbocycles. The summed E-state index contributed by atoms with van der Waals surface area (Å²) in [5, 5.41) is 12.0.